The minimum Gasteiger partial charge on any atom is -0.272 e. The van der Waals surface area contributed by atoms with Crippen LogP contribution in [0.1, 0.15) is 11.1 Å². The van der Waals surface area contributed by atoms with Crippen molar-refractivity contribution in [1.29, 1.82) is 0 Å². The maximum atomic E-state index is 12.0. The fraction of sp³-hybridized carbons (Fsp3) is 0.0909. The van der Waals surface area contributed by atoms with Gasteiger partial charge in [-0.15, -0.1) is 10.2 Å². The molecule has 156 valence electrons. The Morgan fingerprint density at radius 2 is 1.74 bits per heavy atom. The lowest BCUT2D eigenvalue weighted by Gasteiger charge is -2.04. The molecule has 0 aliphatic heterocycles. The van der Waals surface area contributed by atoms with Crippen molar-refractivity contribution >= 4 is 69.4 Å². The Morgan fingerprint density at radius 3 is 2.61 bits per heavy atom. The van der Waals surface area contributed by atoms with Crippen LogP contribution in [0.4, 0.5) is 0 Å². The van der Waals surface area contributed by atoms with Crippen LogP contribution in [-0.2, 0) is 10.5 Å². The highest BCUT2D eigenvalue weighted by atomic mass is 35.5. The van der Waals surface area contributed by atoms with E-state index < -0.39 is 0 Å². The van der Waals surface area contributed by atoms with E-state index in [2.05, 4.69) is 57.1 Å². The zero-order valence-electron chi connectivity index (χ0n) is 16.2. The SMILES string of the molecule is O=C(CSc1nnc(SCc2cccc3ccccc23)s1)N/N=C/c1ccccc1Cl. The van der Waals surface area contributed by atoms with Crippen LogP contribution in [0.15, 0.2) is 80.5 Å². The van der Waals surface area contributed by atoms with E-state index in [1.807, 2.05) is 24.3 Å². The van der Waals surface area contributed by atoms with Crippen LogP contribution in [0.2, 0.25) is 5.02 Å². The zero-order valence-corrected chi connectivity index (χ0v) is 19.4. The van der Waals surface area contributed by atoms with Crippen LogP contribution in [0.5, 0.6) is 0 Å². The van der Waals surface area contributed by atoms with Crippen LogP contribution >= 0.6 is 46.5 Å². The summed E-state index contributed by atoms with van der Waals surface area (Å²) in [6.45, 7) is 0. The number of hydrogen-bond acceptors (Lipinski definition) is 7. The number of carbonyl (C=O) groups excluding carboxylic acids is 1. The number of amides is 1. The van der Waals surface area contributed by atoms with Crippen molar-refractivity contribution < 1.29 is 4.79 Å². The molecule has 0 aliphatic carbocycles. The van der Waals surface area contributed by atoms with Crippen LogP contribution in [0, 0.1) is 0 Å². The number of benzene rings is 3. The number of fused-ring (bicyclic) bond motifs is 1. The van der Waals surface area contributed by atoms with Crippen molar-refractivity contribution in [2.24, 2.45) is 5.10 Å². The molecule has 0 saturated heterocycles. The van der Waals surface area contributed by atoms with Gasteiger partial charge in [-0.05, 0) is 22.4 Å². The Hall–Kier alpha value is -2.39. The second-order valence-electron chi connectivity index (χ2n) is 6.36. The highest BCUT2D eigenvalue weighted by Crippen LogP contribution is 2.32. The van der Waals surface area contributed by atoms with Crippen LogP contribution in [0.25, 0.3) is 10.8 Å². The van der Waals surface area contributed by atoms with E-state index in [0.29, 0.717) is 5.02 Å². The number of hydrazone groups is 1. The standard InChI is InChI=1S/C22H17ClN4OS3/c23-19-11-4-2-7-16(19)12-24-25-20(28)14-30-22-27-26-21(31-22)29-13-17-9-5-8-15-6-1-3-10-18(15)17/h1-12H,13-14H2,(H,25,28)/b24-12+. The molecule has 4 aromatic rings. The normalized spacial score (nSPS) is 11.3. The lowest BCUT2D eigenvalue weighted by Crippen LogP contribution is -2.19. The Bertz CT molecular complexity index is 1220. The van der Waals surface area contributed by atoms with Gasteiger partial charge in [0, 0.05) is 16.3 Å². The fourth-order valence-electron chi connectivity index (χ4n) is 2.78. The van der Waals surface area contributed by atoms with E-state index in [0.717, 1.165) is 20.0 Å². The third kappa shape index (κ3) is 6.07. The smallest absolute Gasteiger partial charge is 0.250 e. The molecule has 1 aromatic heterocycles. The van der Waals surface area contributed by atoms with Gasteiger partial charge in [0.1, 0.15) is 0 Å². The van der Waals surface area contributed by atoms with Gasteiger partial charge in [-0.1, -0.05) is 107 Å². The molecule has 1 N–H and O–H groups in total. The molecule has 0 saturated carbocycles. The number of carbonyl (C=O) groups is 1. The van der Waals surface area contributed by atoms with Crippen LogP contribution < -0.4 is 5.43 Å². The summed E-state index contributed by atoms with van der Waals surface area (Å²) in [6.07, 6.45) is 1.53. The molecule has 1 amide bonds. The van der Waals surface area contributed by atoms with Crippen molar-refractivity contribution in [2.45, 2.75) is 14.4 Å². The van der Waals surface area contributed by atoms with Gasteiger partial charge >= 0.3 is 0 Å². The van der Waals surface area contributed by atoms with Gasteiger partial charge in [-0.3, -0.25) is 4.79 Å². The first kappa shape index (κ1) is 21.8. The second kappa shape index (κ2) is 10.8. The average molecular weight is 485 g/mol. The minimum atomic E-state index is -0.214. The molecular weight excluding hydrogens is 468 g/mol. The van der Waals surface area contributed by atoms with E-state index in [1.165, 1.54) is 45.6 Å². The Balaban J connectivity index is 1.26. The number of hydrogen-bond donors (Lipinski definition) is 1. The summed E-state index contributed by atoms with van der Waals surface area (Å²) in [5.74, 6) is 0.814. The Labute approximate surface area is 197 Å². The van der Waals surface area contributed by atoms with Crippen LogP contribution in [0.3, 0.4) is 0 Å². The van der Waals surface area contributed by atoms with E-state index in [-0.39, 0.29) is 11.7 Å². The summed E-state index contributed by atoms with van der Waals surface area (Å²) >= 11 is 10.5. The maximum absolute atomic E-state index is 12.0. The largest absolute Gasteiger partial charge is 0.272 e. The molecule has 0 bridgehead atoms. The van der Waals surface area contributed by atoms with Crippen molar-refractivity contribution in [3.8, 4) is 0 Å². The number of nitrogens with zero attached hydrogens (tertiary/aromatic N) is 3. The fourth-order valence-corrected chi connectivity index (χ4v) is 5.79. The molecule has 4 rings (SSSR count). The zero-order chi connectivity index (χ0) is 21.5. The molecule has 1 heterocycles. The molecule has 3 aromatic carbocycles. The van der Waals surface area contributed by atoms with Gasteiger partial charge in [0.05, 0.1) is 12.0 Å². The molecule has 0 radical (unpaired) electrons. The maximum Gasteiger partial charge on any atom is 0.250 e. The number of nitrogens with one attached hydrogen (secondary N) is 1. The van der Waals surface area contributed by atoms with E-state index in [9.17, 15) is 4.79 Å². The quantitative estimate of drug-likeness (QED) is 0.192. The van der Waals surface area contributed by atoms with Crippen molar-refractivity contribution in [1.82, 2.24) is 15.6 Å². The van der Waals surface area contributed by atoms with Gasteiger partial charge in [0.25, 0.3) is 5.91 Å². The Kier molecular flexibility index (Phi) is 7.58. The first-order valence-electron chi connectivity index (χ1n) is 9.31. The van der Waals surface area contributed by atoms with E-state index >= 15 is 0 Å². The third-order valence-electron chi connectivity index (χ3n) is 4.24. The number of halogens is 1. The summed E-state index contributed by atoms with van der Waals surface area (Å²) in [6, 6.07) is 22.0. The predicted octanol–water partition coefficient (Wildman–Crippen LogP) is 5.88. The third-order valence-corrected chi connectivity index (χ3v) is 7.83. The summed E-state index contributed by atoms with van der Waals surface area (Å²) in [5, 5.41) is 15.4. The first-order valence-corrected chi connectivity index (χ1v) is 12.5. The molecule has 0 atom stereocenters. The van der Waals surface area contributed by atoms with E-state index in [4.69, 9.17) is 11.6 Å². The van der Waals surface area contributed by atoms with Crippen LogP contribution in [-0.4, -0.2) is 28.1 Å². The molecule has 0 spiro atoms. The average Bonchev–Trinajstić information content (AvgIpc) is 3.25. The predicted molar refractivity (Wildman–Crippen MR) is 131 cm³/mol. The van der Waals surface area contributed by atoms with Crippen molar-refractivity contribution in [3.63, 3.8) is 0 Å². The molecule has 0 aliphatic rings. The highest BCUT2D eigenvalue weighted by molar-refractivity contribution is 8.03. The monoisotopic (exact) mass is 484 g/mol. The van der Waals surface area contributed by atoms with Gasteiger partial charge in [0.15, 0.2) is 8.68 Å². The lowest BCUT2D eigenvalue weighted by molar-refractivity contribution is -0.118. The topological polar surface area (TPSA) is 67.2 Å². The molecule has 31 heavy (non-hydrogen) atoms. The van der Waals surface area contributed by atoms with Crippen molar-refractivity contribution in [3.05, 3.63) is 82.9 Å². The molecule has 0 fully saturated rings. The van der Waals surface area contributed by atoms with E-state index in [1.54, 1.807) is 17.8 Å². The summed E-state index contributed by atoms with van der Waals surface area (Å²) in [5.41, 5.74) is 4.51. The number of aromatic nitrogens is 2. The minimum absolute atomic E-state index is 0.211. The molecule has 0 unspecified atom stereocenters. The number of thioether (sulfide) groups is 2. The lowest BCUT2D eigenvalue weighted by atomic mass is 10.1. The van der Waals surface area contributed by atoms with Crippen molar-refractivity contribution in [2.75, 3.05) is 5.75 Å². The van der Waals surface area contributed by atoms with Gasteiger partial charge < -0.3 is 0 Å². The molecular formula is C22H17ClN4OS3. The summed E-state index contributed by atoms with van der Waals surface area (Å²) in [7, 11) is 0. The number of rotatable bonds is 8. The first-order chi connectivity index (χ1) is 15.2. The molecule has 9 heteroatoms. The molecule has 5 nitrogen and oxygen atoms in total. The highest BCUT2D eigenvalue weighted by Gasteiger charge is 2.09. The second-order valence-corrected chi connectivity index (χ2v) is 10.2. The summed E-state index contributed by atoms with van der Waals surface area (Å²) < 4.78 is 1.64. The summed E-state index contributed by atoms with van der Waals surface area (Å²) in [4.78, 5) is 12.0. The van der Waals surface area contributed by atoms with Gasteiger partial charge in [-0.25, -0.2) is 5.43 Å². The Morgan fingerprint density at radius 1 is 1.00 bits per heavy atom. The van der Waals surface area contributed by atoms with Gasteiger partial charge in [0.2, 0.25) is 0 Å². The van der Waals surface area contributed by atoms with Gasteiger partial charge in [-0.2, -0.15) is 5.10 Å².